The summed E-state index contributed by atoms with van der Waals surface area (Å²) in [4.78, 5) is 18.1. The highest BCUT2D eigenvalue weighted by Gasteiger charge is 2.17. The van der Waals surface area contributed by atoms with Gasteiger partial charge in [-0.3, -0.25) is 10.1 Å². The second-order valence-electron chi connectivity index (χ2n) is 6.84. The number of benzene rings is 2. The number of hydrogen-bond acceptors (Lipinski definition) is 4. The third-order valence-electron chi connectivity index (χ3n) is 4.56. The molecule has 146 valence electrons. The van der Waals surface area contributed by atoms with Gasteiger partial charge in [0.1, 0.15) is 11.5 Å². The lowest BCUT2D eigenvalue weighted by atomic mass is 10.1. The maximum atomic E-state index is 12.7. The molecule has 0 spiro atoms. The molecule has 0 bridgehead atoms. The fourth-order valence-corrected chi connectivity index (χ4v) is 3.95. The van der Waals surface area contributed by atoms with Crippen molar-refractivity contribution in [3.8, 4) is 11.3 Å². The summed E-state index contributed by atoms with van der Waals surface area (Å²) in [6.07, 6.45) is 2.60. The van der Waals surface area contributed by atoms with Crippen LogP contribution in [0.1, 0.15) is 32.1 Å². The molecule has 2 aromatic carbocycles. The fourth-order valence-electron chi connectivity index (χ4n) is 2.98. The van der Waals surface area contributed by atoms with Gasteiger partial charge in [0.2, 0.25) is 0 Å². The molecule has 4 rings (SSSR count). The van der Waals surface area contributed by atoms with Crippen molar-refractivity contribution in [2.24, 2.45) is 0 Å². The Bertz CT molecular complexity index is 1140. The van der Waals surface area contributed by atoms with Crippen molar-refractivity contribution in [3.05, 3.63) is 93.1 Å². The van der Waals surface area contributed by atoms with Gasteiger partial charge in [-0.25, -0.2) is 4.98 Å². The smallest absolute Gasteiger partial charge is 0.261 e. The number of carbonyl (C=O) groups excluding carboxylic acids is 1. The zero-order chi connectivity index (χ0) is 20.4. The maximum Gasteiger partial charge on any atom is 0.261 e. The molecule has 0 fully saturated rings. The highest BCUT2D eigenvalue weighted by Crippen LogP contribution is 2.28. The van der Waals surface area contributed by atoms with E-state index in [1.165, 1.54) is 22.5 Å². The minimum absolute atomic E-state index is 0.234. The predicted molar refractivity (Wildman–Crippen MR) is 118 cm³/mol. The van der Waals surface area contributed by atoms with Crippen molar-refractivity contribution in [2.45, 2.75) is 20.3 Å². The molecule has 2 aromatic heterocycles. The molecular formula is C23H19ClN2O2S. The van der Waals surface area contributed by atoms with Gasteiger partial charge in [-0.15, -0.1) is 11.3 Å². The molecule has 1 N–H and O–H groups in total. The van der Waals surface area contributed by atoms with Gasteiger partial charge in [-0.1, -0.05) is 41.4 Å². The molecule has 0 aliphatic carbocycles. The zero-order valence-electron chi connectivity index (χ0n) is 16.0. The molecule has 0 saturated carbocycles. The quantitative estimate of drug-likeness (QED) is 0.398. The van der Waals surface area contributed by atoms with Crippen LogP contribution in [0.2, 0.25) is 5.02 Å². The van der Waals surface area contributed by atoms with E-state index in [-0.39, 0.29) is 5.91 Å². The van der Waals surface area contributed by atoms with Crippen molar-refractivity contribution in [3.63, 3.8) is 0 Å². The molecular weight excluding hydrogens is 404 g/mol. The first-order valence-electron chi connectivity index (χ1n) is 9.16. The van der Waals surface area contributed by atoms with Gasteiger partial charge in [0, 0.05) is 28.1 Å². The van der Waals surface area contributed by atoms with Gasteiger partial charge in [0.05, 0.1) is 5.56 Å². The fraction of sp³-hybridized carbons (Fsp3) is 0.130. The molecule has 1 amide bonds. The number of hydrogen-bond donors (Lipinski definition) is 1. The minimum Gasteiger partial charge on any atom is -0.461 e. The number of amides is 1. The summed E-state index contributed by atoms with van der Waals surface area (Å²) in [6, 6.07) is 17.5. The van der Waals surface area contributed by atoms with E-state index in [0.717, 1.165) is 16.9 Å². The van der Waals surface area contributed by atoms with E-state index in [1.807, 2.05) is 18.3 Å². The highest BCUT2D eigenvalue weighted by molar-refractivity contribution is 7.15. The molecule has 0 aliphatic heterocycles. The second-order valence-corrected chi connectivity index (χ2v) is 8.39. The van der Waals surface area contributed by atoms with E-state index in [2.05, 4.69) is 41.5 Å². The summed E-state index contributed by atoms with van der Waals surface area (Å²) >= 11 is 7.41. The third-order valence-corrected chi connectivity index (χ3v) is 5.73. The summed E-state index contributed by atoms with van der Waals surface area (Å²) < 4.78 is 5.77. The van der Waals surface area contributed by atoms with E-state index in [9.17, 15) is 4.79 Å². The number of nitrogens with zero attached hydrogens (tertiary/aromatic N) is 1. The maximum absolute atomic E-state index is 12.7. The number of thiazole rings is 1. The Balaban J connectivity index is 1.46. The summed E-state index contributed by atoms with van der Waals surface area (Å²) in [5, 5.41) is 4.10. The van der Waals surface area contributed by atoms with Gasteiger partial charge >= 0.3 is 0 Å². The normalized spacial score (nSPS) is 10.9. The molecule has 4 nitrogen and oxygen atoms in total. The number of carbonyl (C=O) groups is 1. The van der Waals surface area contributed by atoms with Crippen molar-refractivity contribution in [1.82, 2.24) is 4.98 Å². The lowest BCUT2D eigenvalue weighted by molar-refractivity contribution is 0.102. The van der Waals surface area contributed by atoms with Crippen molar-refractivity contribution in [1.29, 1.82) is 0 Å². The first-order chi connectivity index (χ1) is 14.0. The van der Waals surface area contributed by atoms with Crippen LogP contribution in [0.5, 0.6) is 0 Å². The minimum atomic E-state index is -0.234. The molecule has 0 aliphatic rings. The summed E-state index contributed by atoms with van der Waals surface area (Å²) in [5.74, 6) is 0.954. The van der Waals surface area contributed by atoms with E-state index in [4.69, 9.17) is 16.0 Å². The largest absolute Gasteiger partial charge is 0.461 e. The number of nitrogens with one attached hydrogen (secondary N) is 1. The van der Waals surface area contributed by atoms with Crippen LogP contribution < -0.4 is 5.32 Å². The Hall–Kier alpha value is -2.89. The molecule has 0 unspecified atom stereocenters. The molecule has 6 heteroatoms. The van der Waals surface area contributed by atoms with Gasteiger partial charge in [-0.2, -0.15) is 0 Å². The first kappa shape index (κ1) is 19.4. The first-order valence-corrected chi connectivity index (χ1v) is 10.4. The summed E-state index contributed by atoms with van der Waals surface area (Å²) in [5.41, 5.74) is 3.81. The molecule has 0 saturated heterocycles. The van der Waals surface area contributed by atoms with E-state index in [1.54, 1.807) is 25.1 Å². The van der Waals surface area contributed by atoms with Crippen LogP contribution >= 0.6 is 22.9 Å². The van der Waals surface area contributed by atoms with Gasteiger partial charge in [-0.05, 0) is 49.7 Å². The Morgan fingerprint density at radius 1 is 1.10 bits per heavy atom. The van der Waals surface area contributed by atoms with Crippen LogP contribution in [0, 0.1) is 13.8 Å². The number of rotatable bonds is 5. The molecule has 0 atom stereocenters. The van der Waals surface area contributed by atoms with Gasteiger partial charge in [0.15, 0.2) is 5.13 Å². The lowest BCUT2D eigenvalue weighted by Gasteiger charge is -2.00. The van der Waals surface area contributed by atoms with Crippen LogP contribution in [0.25, 0.3) is 11.3 Å². The monoisotopic (exact) mass is 422 g/mol. The Labute approximate surface area is 178 Å². The number of halogens is 1. The Morgan fingerprint density at radius 2 is 1.83 bits per heavy atom. The van der Waals surface area contributed by atoms with E-state index in [0.29, 0.717) is 27.2 Å². The SMILES string of the molecule is Cc1ccc(Cc2cnc(NC(=O)c3cc(-c4ccc(Cl)cc4)oc3C)s2)cc1. The van der Waals surface area contributed by atoms with Crippen LogP contribution in [0.3, 0.4) is 0 Å². The van der Waals surface area contributed by atoms with Gasteiger partial charge in [0.25, 0.3) is 5.91 Å². The molecule has 29 heavy (non-hydrogen) atoms. The highest BCUT2D eigenvalue weighted by atomic mass is 35.5. The van der Waals surface area contributed by atoms with E-state index >= 15 is 0 Å². The predicted octanol–water partition coefficient (Wildman–Crippen LogP) is 6.52. The number of aryl methyl sites for hydroxylation is 2. The second kappa shape index (κ2) is 8.23. The average molecular weight is 423 g/mol. The topological polar surface area (TPSA) is 55.1 Å². The summed E-state index contributed by atoms with van der Waals surface area (Å²) in [6.45, 7) is 3.85. The number of anilines is 1. The molecule has 2 heterocycles. The Morgan fingerprint density at radius 3 is 2.55 bits per heavy atom. The van der Waals surface area contributed by atoms with E-state index < -0.39 is 0 Å². The van der Waals surface area contributed by atoms with Crippen molar-refractivity contribution >= 4 is 34.0 Å². The van der Waals surface area contributed by atoms with Crippen LogP contribution in [0.4, 0.5) is 5.13 Å². The Kier molecular flexibility index (Phi) is 5.51. The third kappa shape index (κ3) is 4.58. The van der Waals surface area contributed by atoms with Crippen LogP contribution in [-0.2, 0) is 6.42 Å². The molecule has 4 aromatic rings. The van der Waals surface area contributed by atoms with Crippen LogP contribution in [0.15, 0.2) is 65.2 Å². The summed E-state index contributed by atoms with van der Waals surface area (Å²) in [7, 11) is 0. The van der Waals surface area contributed by atoms with Crippen LogP contribution in [-0.4, -0.2) is 10.9 Å². The van der Waals surface area contributed by atoms with Gasteiger partial charge < -0.3 is 4.42 Å². The molecule has 0 radical (unpaired) electrons. The van der Waals surface area contributed by atoms with Crippen molar-refractivity contribution in [2.75, 3.05) is 5.32 Å². The number of furan rings is 1. The van der Waals surface area contributed by atoms with Crippen molar-refractivity contribution < 1.29 is 9.21 Å². The average Bonchev–Trinajstić information content (AvgIpc) is 3.30. The zero-order valence-corrected chi connectivity index (χ0v) is 17.6. The standard InChI is InChI=1S/C23H19ClN2O2S/c1-14-3-5-16(6-4-14)11-19-13-25-23(29-19)26-22(27)20-12-21(28-15(20)2)17-7-9-18(24)10-8-17/h3-10,12-13H,11H2,1-2H3,(H,25,26,27). The lowest BCUT2D eigenvalue weighted by Crippen LogP contribution is -2.11. The number of aromatic nitrogens is 1.